The van der Waals surface area contributed by atoms with Crippen LogP contribution in [-0.4, -0.2) is 39.6 Å². The molecule has 2 aromatic rings. The van der Waals surface area contributed by atoms with Gasteiger partial charge in [0.15, 0.2) is 0 Å². The van der Waals surface area contributed by atoms with Gasteiger partial charge in [-0.15, -0.1) is 0 Å². The topological polar surface area (TPSA) is 58.6 Å². The molecule has 0 unspecified atom stereocenters. The lowest BCUT2D eigenvalue weighted by Gasteiger charge is -2.26. The summed E-state index contributed by atoms with van der Waals surface area (Å²) >= 11 is 0. The zero-order valence-electron chi connectivity index (χ0n) is 16.7. The molecule has 2 aromatic carbocycles. The Balaban J connectivity index is 1.56. The number of nitrogens with one attached hydrogen (secondary N) is 1. The third-order valence-electron chi connectivity index (χ3n) is 5.37. The predicted molar refractivity (Wildman–Crippen MR) is 112 cm³/mol. The van der Waals surface area contributed by atoms with Crippen molar-refractivity contribution < 1.29 is 13.2 Å². The van der Waals surface area contributed by atoms with Gasteiger partial charge in [0.2, 0.25) is 10.0 Å². The van der Waals surface area contributed by atoms with Crippen molar-refractivity contribution in [2.75, 3.05) is 26.3 Å². The molecule has 3 rings (SSSR count). The lowest BCUT2D eigenvalue weighted by molar-refractivity contribution is 0.0342. The van der Waals surface area contributed by atoms with Gasteiger partial charge in [0, 0.05) is 26.2 Å². The van der Waals surface area contributed by atoms with E-state index >= 15 is 0 Å². The number of benzene rings is 2. The molecular weight excluding hydrogens is 372 g/mol. The van der Waals surface area contributed by atoms with E-state index in [-0.39, 0.29) is 6.54 Å². The summed E-state index contributed by atoms with van der Waals surface area (Å²) < 4.78 is 33.2. The maximum atomic E-state index is 12.6. The van der Waals surface area contributed by atoms with Crippen molar-refractivity contribution in [1.29, 1.82) is 0 Å². The molecule has 1 aliphatic rings. The molecule has 0 aromatic heterocycles. The SMILES string of the molecule is CC[C@H](C)c1ccc(S(=O)(=O)NCc2ccc(CN3CCOCC3)cc2)cc1. The first-order valence-electron chi connectivity index (χ1n) is 9.95. The fourth-order valence-electron chi connectivity index (χ4n) is 3.25. The Kier molecular flexibility index (Phi) is 7.24. The van der Waals surface area contributed by atoms with Crippen LogP contribution in [-0.2, 0) is 27.8 Å². The smallest absolute Gasteiger partial charge is 0.240 e. The molecule has 5 nitrogen and oxygen atoms in total. The van der Waals surface area contributed by atoms with Crippen LogP contribution in [0.15, 0.2) is 53.4 Å². The predicted octanol–water partition coefficient (Wildman–Crippen LogP) is 3.51. The zero-order chi connectivity index (χ0) is 20.0. The van der Waals surface area contributed by atoms with E-state index in [1.807, 2.05) is 24.3 Å². The second-order valence-corrected chi connectivity index (χ2v) is 9.17. The minimum absolute atomic E-state index is 0.285. The minimum Gasteiger partial charge on any atom is -0.379 e. The Labute approximate surface area is 168 Å². The van der Waals surface area contributed by atoms with Crippen LogP contribution in [0.3, 0.4) is 0 Å². The van der Waals surface area contributed by atoms with Gasteiger partial charge in [-0.1, -0.05) is 50.2 Å². The van der Waals surface area contributed by atoms with E-state index in [1.165, 1.54) is 5.56 Å². The first-order chi connectivity index (χ1) is 13.5. The average molecular weight is 403 g/mol. The van der Waals surface area contributed by atoms with Gasteiger partial charge in [0.05, 0.1) is 18.1 Å². The van der Waals surface area contributed by atoms with E-state index < -0.39 is 10.0 Å². The number of ether oxygens (including phenoxy) is 1. The maximum absolute atomic E-state index is 12.6. The number of rotatable bonds is 8. The molecule has 6 heteroatoms. The molecule has 1 aliphatic heterocycles. The van der Waals surface area contributed by atoms with Crippen molar-refractivity contribution in [1.82, 2.24) is 9.62 Å². The average Bonchev–Trinajstić information content (AvgIpc) is 2.73. The second-order valence-electron chi connectivity index (χ2n) is 7.41. The lowest BCUT2D eigenvalue weighted by atomic mass is 9.99. The van der Waals surface area contributed by atoms with Gasteiger partial charge in [-0.2, -0.15) is 0 Å². The van der Waals surface area contributed by atoms with Gasteiger partial charge in [0.25, 0.3) is 0 Å². The molecule has 28 heavy (non-hydrogen) atoms. The number of nitrogens with zero attached hydrogens (tertiary/aromatic N) is 1. The van der Waals surface area contributed by atoms with Gasteiger partial charge < -0.3 is 4.74 Å². The summed E-state index contributed by atoms with van der Waals surface area (Å²) in [6.45, 7) is 8.95. The number of sulfonamides is 1. The Hall–Kier alpha value is -1.73. The van der Waals surface area contributed by atoms with Crippen molar-refractivity contribution in [3.63, 3.8) is 0 Å². The van der Waals surface area contributed by atoms with Crippen LogP contribution < -0.4 is 4.72 Å². The van der Waals surface area contributed by atoms with Gasteiger partial charge >= 0.3 is 0 Å². The van der Waals surface area contributed by atoms with Gasteiger partial charge in [-0.25, -0.2) is 13.1 Å². The highest BCUT2D eigenvalue weighted by atomic mass is 32.2. The van der Waals surface area contributed by atoms with Crippen LogP contribution in [0.2, 0.25) is 0 Å². The molecule has 152 valence electrons. The zero-order valence-corrected chi connectivity index (χ0v) is 17.5. The fourth-order valence-corrected chi connectivity index (χ4v) is 4.27. The molecule has 0 aliphatic carbocycles. The maximum Gasteiger partial charge on any atom is 0.240 e. The molecule has 1 atom stereocenters. The summed E-state index contributed by atoms with van der Waals surface area (Å²) in [6.07, 6.45) is 1.03. The monoisotopic (exact) mass is 402 g/mol. The standard InChI is InChI=1S/C22H30N2O3S/c1-3-18(2)21-8-10-22(11-9-21)28(25,26)23-16-19-4-6-20(7-5-19)17-24-12-14-27-15-13-24/h4-11,18,23H,3,12-17H2,1-2H3/t18-/m0/s1. The molecule has 0 saturated carbocycles. The minimum atomic E-state index is -3.51. The van der Waals surface area contributed by atoms with Gasteiger partial charge in [-0.3, -0.25) is 4.90 Å². The van der Waals surface area contributed by atoms with Gasteiger partial charge in [0.1, 0.15) is 0 Å². The van der Waals surface area contributed by atoms with Crippen molar-refractivity contribution >= 4 is 10.0 Å². The molecular formula is C22H30N2O3S. The molecule has 0 amide bonds. The van der Waals surface area contributed by atoms with E-state index in [2.05, 4.69) is 35.6 Å². The Morgan fingerprint density at radius 1 is 1.00 bits per heavy atom. The van der Waals surface area contributed by atoms with Crippen LogP contribution in [0.1, 0.15) is 42.9 Å². The Morgan fingerprint density at radius 2 is 1.61 bits per heavy atom. The first-order valence-corrected chi connectivity index (χ1v) is 11.4. The van der Waals surface area contributed by atoms with Crippen LogP contribution in [0.4, 0.5) is 0 Å². The third-order valence-corrected chi connectivity index (χ3v) is 6.79. The molecule has 0 spiro atoms. The Morgan fingerprint density at radius 3 is 2.21 bits per heavy atom. The summed E-state index contributed by atoms with van der Waals surface area (Å²) in [5.41, 5.74) is 3.34. The number of hydrogen-bond acceptors (Lipinski definition) is 4. The van der Waals surface area contributed by atoms with Crippen molar-refractivity contribution in [2.24, 2.45) is 0 Å². The van der Waals surface area contributed by atoms with Crippen LogP contribution in [0, 0.1) is 0 Å². The molecule has 1 saturated heterocycles. The summed E-state index contributed by atoms with van der Waals surface area (Å²) in [7, 11) is -3.51. The number of hydrogen-bond donors (Lipinski definition) is 1. The summed E-state index contributed by atoms with van der Waals surface area (Å²) in [5, 5.41) is 0. The molecule has 1 fully saturated rings. The fraction of sp³-hybridized carbons (Fsp3) is 0.455. The third kappa shape index (κ3) is 5.64. The van der Waals surface area contributed by atoms with Crippen molar-refractivity contribution in [3.8, 4) is 0 Å². The van der Waals surface area contributed by atoms with E-state index in [0.717, 1.165) is 50.4 Å². The highest BCUT2D eigenvalue weighted by molar-refractivity contribution is 7.89. The van der Waals surface area contributed by atoms with Crippen LogP contribution in [0.5, 0.6) is 0 Å². The summed E-state index contributed by atoms with van der Waals surface area (Å²) in [4.78, 5) is 2.67. The van der Waals surface area contributed by atoms with E-state index in [9.17, 15) is 8.42 Å². The number of morpholine rings is 1. The quantitative estimate of drug-likeness (QED) is 0.734. The van der Waals surface area contributed by atoms with Crippen LogP contribution in [0.25, 0.3) is 0 Å². The molecule has 1 N–H and O–H groups in total. The van der Waals surface area contributed by atoms with Crippen molar-refractivity contribution in [2.45, 2.75) is 44.2 Å². The first kappa shape index (κ1) is 21.0. The normalized spacial score (nSPS) is 16.8. The highest BCUT2D eigenvalue weighted by Gasteiger charge is 2.15. The lowest BCUT2D eigenvalue weighted by Crippen LogP contribution is -2.35. The summed E-state index contributed by atoms with van der Waals surface area (Å²) in [5.74, 6) is 0.431. The molecule has 0 bridgehead atoms. The molecule has 0 radical (unpaired) electrons. The molecule has 1 heterocycles. The van der Waals surface area contributed by atoms with Crippen LogP contribution >= 0.6 is 0 Å². The van der Waals surface area contributed by atoms with E-state index in [1.54, 1.807) is 12.1 Å². The second kappa shape index (κ2) is 9.65. The van der Waals surface area contributed by atoms with E-state index in [4.69, 9.17) is 4.74 Å². The highest BCUT2D eigenvalue weighted by Crippen LogP contribution is 2.20. The van der Waals surface area contributed by atoms with E-state index in [0.29, 0.717) is 10.8 Å². The van der Waals surface area contributed by atoms with Gasteiger partial charge in [-0.05, 0) is 41.2 Å². The Bertz CT molecular complexity index is 842. The van der Waals surface area contributed by atoms with Crippen molar-refractivity contribution in [3.05, 3.63) is 65.2 Å². The largest absolute Gasteiger partial charge is 0.379 e. The summed E-state index contributed by atoms with van der Waals surface area (Å²) in [6, 6.07) is 15.3.